The van der Waals surface area contributed by atoms with Crippen molar-refractivity contribution in [2.24, 2.45) is 17.8 Å². The molecule has 1 aromatic carbocycles. The number of imide groups is 1. The number of likely N-dealkylation sites (tertiary alicyclic amines) is 1. The van der Waals surface area contributed by atoms with Gasteiger partial charge in [-0.25, -0.2) is 0 Å². The molecule has 3 aliphatic rings. The Balaban J connectivity index is 1.85. The number of hydrogen-bond donors (Lipinski definition) is 2. The van der Waals surface area contributed by atoms with E-state index >= 15 is 0 Å². The molecule has 1 aromatic rings. The minimum Gasteiger partial charge on any atom is -0.383 e. The Morgan fingerprint density at radius 1 is 1.21 bits per heavy atom. The summed E-state index contributed by atoms with van der Waals surface area (Å²) in [4.78, 5) is 41.5. The summed E-state index contributed by atoms with van der Waals surface area (Å²) in [6.45, 7) is 8.72. The molecule has 3 N–H and O–H groups in total. The Hall–Kier alpha value is -2.25. The van der Waals surface area contributed by atoms with Crippen LogP contribution in [0.4, 0.5) is 5.69 Å². The summed E-state index contributed by atoms with van der Waals surface area (Å²) in [5.41, 5.74) is 2.65. The van der Waals surface area contributed by atoms with Crippen LogP contribution in [0.15, 0.2) is 12.1 Å². The number of nitrogens with zero attached hydrogens (tertiary/aromatic N) is 1. The minimum atomic E-state index is -1.08. The predicted octanol–water partition coefficient (Wildman–Crippen LogP) is 0.690. The van der Waals surface area contributed by atoms with Gasteiger partial charge in [-0.1, -0.05) is 19.9 Å². The highest BCUT2D eigenvalue weighted by atomic mass is 16.5. The monoisotopic (exact) mass is 400 g/mol. The topological polar surface area (TPSA) is 92.3 Å². The van der Waals surface area contributed by atoms with Crippen molar-refractivity contribution in [2.75, 3.05) is 25.6 Å². The molecular formula is C22H30N3O4+. The van der Waals surface area contributed by atoms with E-state index in [0.29, 0.717) is 12.5 Å². The zero-order valence-corrected chi connectivity index (χ0v) is 17.7. The van der Waals surface area contributed by atoms with E-state index in [2.05, 4.69) is 19.2 Å². The van der Waals surface area contributed by atoms with Gasteiger partial charge in [-0.15, -0.1) is 0 Å². The lowest BCUT2D eigenvalue weighted by molar-refractivity contribution is -0.734. The smallest absolute Gasteiger partial charge is 0.291 e. The number of fused-ring (bicyclic) bond motifs is 4. The summed E-state index contributed by atoms with van der Waals surface area (Å²) in [6.07, 6.45) is 0.771. The van der Waals surface area contributed by atoms with Crippen LogP contribution < -0.4 is 10.6 Å². The van der Waals surface area contributed by atoms with Gasteiger partial charge in [0, 0.05) is 19.1 Å². The Kier molecular flexibility index (Phi) is 4.78. The molecule has 0 aliphatic carbocycles. The second-order valence-corrected chi connectivity index (χ2v) is 9.04. The van der Waals surface area contributed by atoms with Crippen LogP contribution in [0.5, 0.6) is 0 Å². The molecule has 3 heterocycles. The van der Waals surface area contributed by atoms with Gasteiger partial charge in [-0.05, 0) is 37.0 Å². The summed E-state index contributed by atoms with van der Waals surface area (Å²) in [7, 11) is 1.55. The van der Waals surface area contributed by atoms with Crippen molar-refractivity contribution in [2.45, 2.75) is 45.7 Å². The van der Waals surface area contributed by atoms with Crippen molar-refractivity contribution >= 4 is 23.4 Å². The van der Waals surface area contributed by atoms with Crippen molar-refractivity contribution in [3.05, 3.63) is 28.8 Å². The van der Waals surface area contributed by atoms with Crippen LogP contribution in [0.2, 0.25) is 0 Å². The second kappa shape index (κ2) is 6.92. The van der Waals surface area contributed by atoms with Gasteiger partial charge in [-0.3, -0.25) is 19.3 Å². The SMILES string of the molecule is COCCN1C(=O)[C@@H]2[C@H](CC(C)C)[NH2+][C@]3(C(=O)Nc4c3ccc(C)c4C)[C@@H]2C1=O. The van der Waals surface area contributed by atoms with E-state index in [1.807, 2.05) is 31.3 Å². The molecule has 156 valence electrons. The Morgan fingerprint density at radius 2 is 1.93 bits per heavy atom. The quantitative estimate of drug-likeness (QED) is 0.712. The number of hydrogen-bond acceptors (Lipinski definition) is 4. The van der Waals surface area contributed by atoms with Gasteiger partial charge >= 0.3 is 0 Å². The summed E-state index contributed by atoms with van der Waals surface area (Å²) < 4.78 is 5.10. The van der Waals surface area contributed by atoms with E-state index in [-0.39, 0.29) is 30.3 Å². The lowest BCUT2D eigenvalue weighted by atomic mass is 9.75. The summed E-state index contributed by atoms with van der Waals surface area (Å²) in [6, 6.07) is 3.84. The molecule has 29 heavy (non-hydrogen) atoms. The number of carbonyl (C=O) groups excluding carboxylic acids is 3. The number of ether oxygens (including phenoxy) is 1. The third kappa shape index (κ3) is 2.67. The highest BCUT2D eigenvalue weighted by Crippen LogP contribution is 2.50. The molecule has 3 aliphatic heterocycles. The minimum absolute atomic E-state index is 0.109. The third-order valence-corrected chi connectivity index (χ3v) is 6.93. The van der Waals surface area contributed by atoms with Crippen molar-refractivity contribution in [3.8, 4) is 0 Å². The van der Waals surface area contributed by atoms with E-state index in [1.54, 1.807) is 7.11 Å². The number of nitrogens with one attached hydrogen (secondary N) is 1. The largest absolute Gasteiger partial charge is 0.383 e. The predicted molar refractivity (Wildman–Crippen MR) is 107 cm³/mol. The molecule has 7 heteroatoms. The first-order valence-corrected chi connectivity index (χ1v) is 10.4. The normalized spacial score (nSPS) is 30.5. The maximum Gasteiger partial charge on any atom is 0.291 e. The molecule has 7 nitrogen and oxygen atoms in total. The fourth-order valence-corrected chi connectivity index (χ4v) is 5.50. The first-order valence-electron chi connectivity index (χ1n) is 10.4. The summed E-state index contributed by atoms with van der Waals surface area (Å²) in [5.74, 6) is -1.41. The van der Waals surface area contributed by atoms with Gasteiger partial charge < -0.3 is 15.4 Å². The molecule has 4 atom stereocenters. The first-order chi connectivity index (χ1) is 13.7. The molecule has 1 spiro atoms. The zero-order chi connectivity index (χ0) is 21.1. The van der Waals surface area contributed by atoms with Crippen LogP contribution in [-0.4, -0.2) is 48.9 Å². The van der Waals surface area contributed by atoms with E-state index < -0.39 is 17.4 Å². The van der Waals surface area contributed by atoms with Crippen LogP contribution in [-0.2, 0) is 24.7 Å². The molecule has 2 fully saturated rings. The van der Waals surface area contributed by atoms with Crippen LogP contribution >= 0.6 is 0 Å². The zero-order valence-electron chi connectivity index (χ0n) is 17.7. The molecule has 0 unspecified atom stereocenters. The van der Waals surface area contributed by atoms with Gasteiger partial charge in [0.25, 0.3) is 5.91 Å². The number of amides is 3. The van der Waals surface area contributed by atoms with Gasteiger partial charge in [0.1, 0.15) is 17.9 Å². The fraction of sp³-hybridized carbons (Fsp3) is 0.591. The molecule has 2 saturated heterocycles. The van der Waals surface area contributed by atoms with Crippen LogP contribution in [0.1, 0.15) is 37.0 Å². The van der Waals surface area contributed by atoms with Gasteiger partial charge in [0.05, 0.1) is 18.8 Å². The van der Waals surface area contributed by atoms with Crippen molar-refractivity contribution in [3.63, 3.8) is 0 Å². The molecule has 0 aromatic heterocycles. The van der Waals surface area contributed by atoms with E-state index in [0.717, 1.165) is 28.8 Å². The van der Waals surface area contributed by atoms with E-state index in [1.165, 1.54) is 4.90 Å². The number of carbonyl (C=O) groups is 3. The van der Waals surface area contributed by atoms with E-state index in [9.17, 15) is 14.4 Å². The highest BCUT2D eigenvalue weighted by molar-refractivity contribution is 6.14. The standard InChI is InChI=1S/C22H29N3O4/c1-11(2)10-15-16-17(20(27)25(19(16)26)8-9-29-5)22(24-15)14-7-6-12(3)13(4)18(14)23-21(22)28/h6-7,11,15-17,24H,8-10H2,1-5H3,(H,23,28)/p+1/t15-,16+,17-,22-/m0/s1. The Bertz CT molecular complexity index is 896. The maximum absolute atomic E-state index is 13.5. The lowest BCUT2D eigenvalue weighted by Gasteiger charge is -2.26. The number of benzene rings is 1. The number of rotatable bonds is 5. The van der Waals surface area contributed by atoms with Crippen LogP contribution in [0, 0.1) is 31.6 Å². The number of aryl methyl sites for hydroxylation is 1. The van der Waals surface area contributed by atoms with Crippen molar-refractivity contribution < 1.29 is 24.4 Å². The number of anilines is 1. The maximum atomic E-state index is 13.5. The van der Waals surface area contributed by atoms with E-state index in [4.69, 9.17) is 4.74 Å². The van der Waals surface area contributed by atoms with Crippen molar-refractivity contribution in [1.82, 2.24) is 4.90 Å². The van der Waals surface area contributed by atoms with Gasteiger partial charge in [0.15, 0.2) is 0 Å². The molecule has 0 saturated carbocycles. The second-order valence-electron chi connectivity index (χ2n) is 9.04. The van der Waals surface area contributed by atoms with Crippen molar-refractivity contribution in [1.29, 1.82) is 0 Å². The van der Waals surface area contributed by atoms with Crippen LogP contribution in [0.3, 0.4) is 0 Å². The third-order valence-electron chi connectivity index (χ3n) is 6.93. The number of methoxy groups -OCH3 is 1. The van der Waals surface area contributed by atoms with Gasteiger partial charge in [0.2, 0.25) is 17.4 Å². The summed E-state index contributed by atoms with van der Waals surface area (Å²) >= 11 is 0. The van der Waals surface area contributed by atoms with Crippen LogP contribution in [0.25, 0.3) is 0 Å². The Labute approximate surface area is 171 Å². The lowest BCUT2D eigenvalue weighted by Crippen LogP contribution is -2.99. The first kappa shape index (κ1) is 20.0. The molecule has 4 rings (SSSR count). The molecule has 0 radical (unpaired) electrons. The average Bonchev–Trinajstić information content (AvgIpc) is 3.22. The summed E-state index contributed by atoms with van der Waals surface area (Å²) in [5, 5.41) is 5.06. The fourth-order valence-electron chi connectivity index (χ4n) is 5.50. The Morgan fingerprint density at radius 3 is 2.59 bits per heavy atom. The molecular weight excluding hydrogens is 370 g/mol. The van der Waals surface area contributed by atoms with Gasteiger partial charge in [-0.2, -0.15) is 0 Å². The molecule has 0 bridgehead atoms. The highest BCUT2D eigenvalue weighted by Gasteiger charge is 2.74. The number of quaternary nitrogens is 1. The number of nitrogens with two attached hydrogens (primary N) is 1. The average molecular weight is 400 g/mol. The molecule has 3 amide bonds.